The number of carbonyl (C=O) groups excluding carboxylic acids is 2. The van der Waals surface area contributed by atoms with Crippen LogP contribution in [0.5, 0.6) is 5.75 Å². The molecule has 1 N–H and O–H groups in total. The molecule has 0 saturated heterocycles. The molecule has 1 atom stereocenters. The zero-order valence-corrected chi connectivity index (χ0v) is 17.8. The van der Waals surface area contributed by atoms with Crippen LogP contribution in [0, 0.1) is 0 Å². The van der Waals surface area contributed by atoms with Gasteiger partial charge in [0.2, 0.25) is 0 Å². The molecule has 4 rings (SSSR count). The largest absolute Gasteiger partial charge is 0.503 e. The number of amides is 1. The average molecular weight is 429 g/mol. The molecule has 0 unspecified atom stereocenters. The summed E-state index contributed by atoms with van der Waals surface area (Å²) in [6.45, 7) is 0.278. The first-order valence-corrected chi connectivity index (χ1v) is 10.1. The fourth-order valence-electron chi connectivity index (χ4n) is 3.96. The van der Waals surface area contributed by atoms with Crippen LogP contribution in [0.2, 0.25) is 0 Å². The maximum atomic E-state index is 13.2. The van der Waals surface area contributed by atoms with Gasteiger partial charge in [-0.25, -0.2) is 4.79 Å². The third-order valence-corrected chi connectivity index (χ3v) is 5.52. The van der Waals surface area contributed by atoms with Crippen molar-refractivity contribution in [2.45, 2.75) is 12.6 Å². The van der Waals surface area contributed by atoms with Crippen molar-refractivity contribution in [3.8, 4) is 5.75 Å². The van der Waals surface area contributed by atoms with E-state index in [2.05, 4.69) is 0 Å². The van der Waals surface area contributed by atoms with Gasteiger partial charge in [-0.05, 0) is 41.0 Å². The Kier molecular flexibility index (Phi) is 5.94. The van der Waals surface area contributed by atoms with Crippen molar-refractivity contribution >= 4 is 17.4 Å². The van der Waals surface area contributed by atoms with Crippen molar-refractivity contribution in [1.82, 2.24) is 4.90 Å². The summed E-state index contributed by atoms with van der Waals surface area (Å²) in [6.07, 6.45) is 0. The molecule has 0 fully saturated rings. The molecule has 6 heteroatoms. The number of ether oxygens (including phenoxy) is 2. The van der Waals surface area contributed by atoms with Crippen LogP contribution in [-0.4, -0.2) is 36.1 Å². The third kappa shape index (κ3) is 3.95. The molecule has 0 bridgehead atoms. The van der Waals surface area contributed by atoms with Gasteiger partial charge in [-0.1, -0.05) is 54.6 Å². The summed E-state index contributed by atoms with van der Waals surface area (Å²) < 4.78 is 10.1. The van der Waals surface area contributed by atoms with Gasteiger partial charge in [0.15, 0.2) is 5.76 Å². The number of esters is 1. The van der Waals surface area contributed by atoms with Gasteiger partial charge in [-0.2, -0.15) is 0 Å². The zero-order valence-electron chi connectivity index (χ0n) is 17.8. The van der Waals surface area contributed by atoms with Gasteiger partial charge in [0.1, 0.15) is 5.75 Å². The second-order valence-corrected chi connectivity index (χ2v) is 7.43. The summed E-state index contributed by atoms with van der Waals surface area (Å²) in [5, 5.41) is 10.9. The maximum absolute atomic E-state index is 13.2. The number of methoxy groups -OCH3 is 2. The smallest absolute Gasteiger partial charge is 0.337 e. The van der Waals surface area contributed by atoms with Crippen molar-refractivity contribution in [3.05, 3.63) is 107 Å². The lowest BCUT2D eigenvalue weighted by Gasteiger charge is -2.27. The van der Waals surface area contributed by atoms with E-state index in [1.165, 1.54) is 7.11 Å². The second-order valence-electron chi connectivity index (χ2n) is 7.43. The minimum atomic E-state index is -0.525. The lowest BCUT2D eigenvalue weighted by molar-refractivity contribution is -0.130. The molecule has 0 aromatic heterocycles. The minimum absolute atomic E-state index is 0.277. The van der Waals surface area contributed by atoms with Crippen molar-refractivity contribution in [2.24, 2.45) is 0 Å². The Morgan fingerprint density at radius 1 is 0.969 bits per heavy atom. The van der Waals surface area contributed by atoms with Gasteiger partial charge in [0.25, 0.3) is 5.91 Å². The highest BCUT2D eigenvalue weighted by molar-refractivity contribution is 6.05. The lowest BCUT2D eigenvalue weighted by Crippen LogP contribution is -2.29. The Morgan fingerprint density at radius 3 is 2.34 bits per heavy atom. The highest BCUT2D eigenvalue weighted by atomic mass is 16.5. The molecule has 6 nitrogen and oxygen atoms in total. The fourth-order valence-corrected chi connectivity index (χ4v) is 3.96. The molecular weight excluding hydrogens is 406 g/mol. The highest BCUT2D eigenvalue weighted by Crippen LogP contribution is 2.43. The predicted octanol–water partition coefficient (Wildman–Crippen LogP) is 4.53. The Bertz CT molecular complexity index is 1170. The first kappa shape index (κ1) is 21.2. The van der Waals surface area contributed by atoms with Gasteiger partial charge in [-0.15, -0.1) is 0 Å². The number of carbonyl (C=O) groups is 2. The molecule has 1 aliphatic rings. The van der Waals surface area contributed by atoms with Crippen molar-refractivity contribution in [1.29, 1.82) is 0 Å². The molecule has 0 spiro atoms. The Balaban J connectivity index is 1.78. The van der Waals surface area contributed by atoms with E-state index in [9.17, 15) is 14.7 Å². The lowest BCUT2D eigenvalue weighted by atomic mass is 9.93. The predicted molar refractivity (Wildman–Crippen MR) is 120 cm³/mol. The number of aliphatic hydroxyl groups excluding tert-OH is 1. The van der Waals surface area contributed by atoms with E-state index in [0.717, 1.165) is 16.7 Å². The molecule has 1 aliphatic heterocycles. The summed E-state index contributed by atoms with van der Waals surface area (Å²) in [4.78, 5) is 26.6. The molecule has 0 radical (unpaired) electrons. The number of rotatable bonds is 6. The maximum Gasteiger partial charge on any atom is 0.337 e. The molecular formula is C26H23NO5. The van der Waals surface area contributed by atoms with Crippen molar-refractivity contribution in [2.75, 3.05) is 14.2 Å². The van der Waals surface area contributed by atoms with Crippen LogP contribution < -0.4 is 4.74 Å². The summed E-state index contributed by atoms with van der Waals surface area (Å²) in [6, 6.07) is 23.2. The van der Waals surface area contributed by atoms with Crippen molar-refractivity contribution < 1.29 is 24.2 Å². The van der Waals surface area contributed by atoms with Crippen LogP contribution in [0.4, 0.5) is 0 Å². The summed E-state index contributed by atoms with van der Waals surface area (Å²) >= 11 is 0. The number of aliphatic hydroxyl groups is 1. The van der Waals surface area contributed by atoms with Crippen LogP contribution >= 0.6 is 0 Å². The second kappa shape index (κ2) is 8.98. The van der Waals surface area contributed by atoms with E-state index in [0.29, 0.717) is 16.9 Å². The van der Waals surface area contributed by atoms with E-state index in [4.69, 9.17) is 9.47 Å². The van der Waals surface area contributed by atoms with Crippen LogP contribution in [-0.2, 0) is 16.1 Å². The van der Waals surface area contributed by atoms with Crippen LogP contribution in [0.25, 0.3) is 5.57 Å². The third-order valence-electron chi connectivity index (χ3n) is 5.52. The van der Waals surface area contributed by atoms with Gasteiger partial charge < -0.3 is 19.5 Å². The average Bonchev–Trinajstić information content (AvgIpc) is 3.09. The monoisotopic (exact) mass is 429 g/mol. The Hall–Kier alpha value is -4.06. The Labute approximate surface area is 186 Å². The first-order valence-electron chi connectivity index (χ1n) is 10.1. The molecule has 0 aliphatic carbocycles. The molecule has 3 aromatic carbocycles. The van der Waals surface area contributed by atoms with E-state index < -0.39 is 17.9 Å². The molecule has 3 aromatic rings. The van der Waals surface area contributed by atoms with Crippen LogP contribution in [0.3, 0.4) is 0 Å². The minimum Gasteiger partial charge on any atom is -0.503 e. The number of nitrogens with zero attached hydrogens (tertiary/aromatic N) is 1. The summed E-state index contributed by atoms with van der Waals surface area (Å²) in [5.74, 6) is -0.475. The molecule has 162 valence electrons. The standard InChI is InChI=1S/C26H23NO5/c1-31-21-10-6-7-17(15-21)16-27-23(19-11-13-20(14-12-19)26(30)32-2)22(24(28)25(27)29)18-8-4-3-5-9-18/h3-15,23,28H,16H2,1-2H3/t23-/m1/s1. The molecule has 1 amide bonds. The van der Waals surface area contributed by atoms with E-state index in [1.54, 1.807) is 36.3 Å². The van der Waals surface area contributed by atoms with Crippen LogP contribution in [0.1, 0.15) is 33.1 Å². The van der Waals surface area contributed by atoms with Crippen molar-refractivity contribution in [3.63, 3.8) is 0 Å². The number of hydrogen-bond donors (Lipinski definition) is 1. The normalized spacial score (nSPS) is 15.8. The van der Waals surface area contributed by atoms with E-state index in [-0.39, 0.29) is 12.3 Å². The Morgan fingerprint density at radius 2 is 1.69 bits per heavy atom. The molecule has 1 heterocycles. The first-order chi connectivity index (χ1) is 15.5. The quantitative estimate of drug-likeness (QED) is 0.583. The summed E-state index contributed by atoms with van der Waals surface area (Å²) in [5.41, 5.74) is 3.35. The summed E-state index contributed by atoms with van der Waals surface area (Å²) in [7, 11) is 2.92. The van der Waals surface area contributed by atoms with Gasteiger partial charge in [0, 0.05) is 12.1 Å². The molecule has 0 saturated carbocycles. The number of benzene rings is 3. The van der Waals surface area contributed by atoms with Gasteiger partial charge >= 0.3 is 5.97 Å². The molecule has 32 heavy (non-hydrogen) atoms. The highest BCUT2D eigenvalue weighted by Gasteiger charge is 2.41. The van der Waals surface area contributed by atoms with E-state index in [1.807, 2.05) is 54.6 Å². The van der Waals surface area contributed by atoms with Gasteiger partial charge in [0.05, 0.1) is 25.8 Å². The zero-order chi connectivity index (χ0) is 22.7. The van der Waals surface area contributed by atoms with Crippen LogP contribution in [0.15, 0.2) is 84.6 Å². The topological polar surface area (TPSA) is 76.1 Å². The fraction of sp³-hybridized carbons (Fsp3) is 0.154. The SMILES string of the molecule is COC(=O)c1ccc([C@@H]2C(c3ccccc3)=C(O)C(=O)N2Cc2cccc(OC)c2)cc1. The van der Waals surface area contributed by atoms with E-state index >= 15 is 0 Å². The number of hydrogen-bond acceptors (Lipinski definition) is 5. The van der Waals surface area contributed by atoms with Gasteiger partial charge in [-0.3, -0.25) is 4.79 Å².